The number of anilines is 1. The Bertz CT molecular complexity index is 1230. The normalized spacial score (nSPS) is 11.0. The lowest BCUT2D eigenvalue weighted by molar-refractivity contribution is 0.515. The highest BCUT2D eigenvalue weighted by atomic mass is 19.2. The fourth-order valence-corrected chi connectivity index (χ4v) is 3.27. The summed E-state index contributed by atoms with van der Waals surface area (Å²) < 4.78 is 27.9. The molecule has 8 heteroatoms. The summed E-state index contributed by atoms with van der Waals surface area (Å²) in [5, 5.41) is 0.430. The Hall–Kier alpha value is -3.68. The maximum atomic E-state index is 14.2. The molecule has 0 unspecified atom stereocenters. The Morgan fingerprint density at radius 3 is 2.66 bits per heavy atom. The van der Waals surface area contributed by atoms with Crippen molar-refractivity contribution in [2.75, 3.05) is 4.90 Å². The van der Waals surface area contributed by atoms with Gasteiger partial charge < -0.3 is 9.88 Å². The monoisotopic (exact) mass is 393 g/mol. The van der Waals surface area contributed by atoms with Gasteiger partial charge in [-0.05, 0) is 35.7 Å². The van der Waals surface area contributed by atoms with Crippen LogP contribution < -0.4 is 10.5 Å². The van der Waals surface area contributed by atoms with Crippen LogP contribution in [0.25, 0.3) is 10.9 Å². The minimum atomic E-state index is -1.07. The molecule has 0 atom stereocenters. The third-order valence-electron chi connectivity index (χ3n) is 4.53. The number of halogens is 2. The molecule has 4 aromatic rings. The van der Waals surface area contributed by atoms with Crippen molar-refractivity contribution in [3.8, 4) is 0 Å². The molecular weight excluding hydrogens is 376 g/mol. The van der Waals surface area contributed by atoms with E-state index in [0.717, 1.165) is 17.2 Å². The van der Waals surface area contributed by atoms with Gasteiger partial charge in [0.2, 0.25) is 5.56 Å². The number of hydrogen-bond donors (Lipinski definition) is 1. The van der Waals surface area contributed by atoms with Crippen LogP contribution in [0.4, 0.5) is 14.6 Å². The summed E-state index contributed by atoms with van der Waals surface area (Å²) in [5.41, 5.74) is 1.86. The van der Waals surface area contributed by atoms with Crippen molar-refractivity contribution in [2.24, 2.45) is 0 Å². The van der Waals surface area contributed by atoms with Gasteiger partial charge in [0.1, 0.15) is 5.82 Å². The van der Waals surface area contributed by atoms with E-state index in [0.29, 0.717) is 23.3 Å². The largest absolute Gasteiger partial charge is 0.347 e. The van der Waals surface area contributed by atoms with Crippen LogP contribution in [0.3, 0.4) is 0 Å². The van der Waals surface area contributed by atoms with E-state index in [1.807, 2.05) is 17.9 Å². The van der Waals surface area contributed by atoms with E-state index < -0.39 is 17.2 Å². The maximum absolute atomic E-state index is 14.2. The SMILES string of the molecule is Cc1cncc(CN(Cc2cc(=O)[nH]c3c(F)c(F)ccc23)c2cnccn2)c1. The Balaban J connectivity index is 1.79. The highest BCUT2D eigenvalue weighted by Crippen LogP contribution is 2.24. The molecule has 3 aromatic heterocycles. The summed E-state index contributed by atoms with van der Waals surface area (Å²) >= 11 is 0. The highest BCUT2D eigenvalue weighted by molar-refractivity contribution is 5.82. The second kappa shape index (κ2) is 7.75. The van der Waals surface area contributed by atoms with Crippen molar-refractivity contribution >= 4 is 16.7 Å². The first-order chi connectivity index (χ1) is 14.0. The number of H-pyrrole nitrogens is 1. The highest BCUT2D eigenvalue weighted by Gasteiger charge is 2.16. The van der Waals surface area contributed by atoms with Gasteiger partial charge in [0.05, 0.1) is 11.7 Å². The predicted molar refractivity (Wildman–Crippen MR) is 105 cm³/mol. The van der Waals surface area contributed by atoms with E-state index in [2.05, 4.69) is 19.9 Å². The maximum Gasteiger partial charge on any atom is 0.248 e. The lowest BCUT2D eigenvalue weighted by Gasteiger charge is -2.24. The fraction of sp³-hybridized carbons (Fsp3) is 0.143. The van der Waals surface area contributed by atoms with E-state index in [1.165, 1.54) is 12.1 Å². The third kappa shape index (κ3) is 3.96. The summed E-state index contributed by atoms with van der Waals surface area (Å²) in [6.07, 6.45) is 8.26. The zero-order chi connectivity index (χ0) is 20.4. The van der Waals surface area contributed by atoms with Crippen LogP contribution in [-0.4, -0.2) is 19.9 Å². The predicted octanol–water partition coefficient (Wildman–Crippen LogP) is 3.51. The molecule has 1 aromatic carbocycles. The molecule has 0 radical (unpaired) electrons. The average Bonchev–Trinajstić information content (AvgIpc) is 2.71. The number of aryl methyl sites for hydroxylation is 1. The second-order valence-corrected chi connectivity index (χ2v) is 6.73. The van der Waals surface area contributed by atoms with Crippen LogP contribution in [0.2, 0.25) is 0 Å². The molecular formula is C21H17F2N5O. The number of aromatic amines is 1. The lowest BCUT2D eigenvalue weighted by Crippen LogP contribution is -2.24. The summed E-state index contributed by atoms with van der Waals surface area (Å²) in [7, 11) is 0. The molecule has 0 fully saturated rings. The van der Waals surface area contributed by atoms with Gasteiger partial charge in [-0.3, -0.25) is 14.8 Å². The molecule has 3 heterocycles. The Morgan fingerprint density at radius 1 is 1.03 bits per heavy atom. The molecule has 0 saturated carbocycles. The number of pyridine rings is 2. The number of aromatic nitrogens is 4. The molecule has 0 saturated heterocycles. The lowest BCUT2D eigenvalue weighted by atomic mass is 10.1. The third-order valence-corrected chi connectivity index (χ3v) is 4.53. The first kappa shape index (κ1) is 18.7. The first-order valence-corrected chi connectivity index (χ1v) is 8.92. The number of hydrogen-bond acceptors (Lipinski definition) is 5. The van der Waals surface area contributed by atoms with Gasteiger partial charge in [-0.2, -0.15) is 0 Å². The van der Waals surface area contributed by atoms with E-state index in [4.69, 9.17) is 0 Å². The number of benzene rings is 1. The summed E-state index contributed by atoms with van der Waals surface area (Å²) in [6, 6.07) is 5.90. The molecule has 0 aliphatic heterocycles. The summed E-state index contributed by atoms with van der Waals surface area (Å²) in [6.45, 7) is 2.65. The van der Waals surface area contributed by atoms with Gasteiger partial charge in [0.25, 0.3) is 0 Å². The van der Waals surface area contributed by atoms with E-state index in [1.54, 1.807) is 31.0 Å². The molecule has 146 valence electrons. The van der Waals surface area contributed by atoms with Crippen LogP contribution in [0.1, 0.15) is 16.7 Å². The van der Waals surface area contributed by atoms with Crippen molar-refractivity contribution in [2.45, 2.75) is 20.0 Å². The molecule has 0 bridgehead atoms. The van der Waals surface area contributed by atoms with Gasteiger partial charge in [0.15, 0.2) is 11.6 Å². The number of nitrogens with zero attached hydrogens (tertiary/aromatic N) is 4. The van der Waals surface area contributed by atoms with Gasteiger partial charge in [0, 0.05) is 49.3 Å². The number of rotatable bonds is 5. The number of fused-ring (bicyclic) bond motifs is 1. The Kier molecular flexibility index (Phi) is 4.99. The zero-order valence-corrected chi connectivity index (χ0v) is 15.6. The van der Waals surface area contributed by atoms with Crippen LogP contribution in [-0.2, 0) is 13.1 Å². The smallest absolute Gasteiger partial charge is 0.248 e. The van der Waals surface area contributed by atoms with Gasteiger partial charge in [-0.25, -0.2) is 13.8 Å². The quantitative estimate of drug-likeness (QED) is 0.562. The average molecular weight is 393 g/mol. The van der Waals surface area contributed by atoms with Crippen LogP contribution >= 0.6 is 0 Å². The van der Waals surface area contributed by atoms with Crippen molar-refractivity contribution in [3.05, 3.63) is 93.9 Å². The second-order valence-electron chi connectivity index (χ2n) is 6.73. The minimum absolute atomic E-state index is 0.149. The zero-order valence-electron chi connectivity index (χ0n) is 15.6. The van der Waals surface area contributed by atoms with Crippen molar-refractivity contribution in [1.29, 1.82) is 0 Å². The van der Waals surface area contributed by atoms with Gasteiger partial charge >= 0.3 is 0 Å². The topological polar surface area (TPSA) is 74.8 Å². The summed E-state index contributed by atoms with van der Waals surface area (Å²) in [5.74, 6) is -1.50. The van der Waals surface area contributed by atoms with Gasteiger partial charge in [-0.1, -0.05) is 6.07 Å². The van der Waals surface area contributed by atoms with E-state index in [9.17, 15) is 13.6 Å². The minimum Gasteiger partial charge on any atom is -0.347 e. The molecule has 1 N–H and O–H groups in total. The van der Waals surface area contributed by atoms with Gasteiger partial charge in [-0.15, -0.1) is 0 Å². The molecule has 6 nitrogen and oxygen atoms in total. The Morgan fingerprint density at radius 2 is 1.90 bits per heavy atom. The first-order valence-electron chi connectivity index (χ1n) is 8.92. The van der Waals surface area contributed by atoms with Crippen LogP contribution in [0.15, 0.2) is 60.0 Å². The van der Waals surface area contributed by atoms with Crippen molar-refractivity contribution in [3.63, 3.8) is 0 Å². The standard InChI is InChI=1S/C21H17F2N5O/c1-13-6-14(9-25-8-13)11-28(18-10-24-4-5-26-18)12-15-7-19(29)27-21-16(15)2-3-17(22)20(21)23/h2-10H,11-12H2,1H3,(H,27,29). The molecule has 0 amide bonds. The molecule has 4 rings (SSSR count). The molecule has 0 spiro atoms. The Labute approximate surface area is 164 Å². The fourth-order valence-electron chi connectivity index (χ4n) is 3.27. The van der Waals surface area contributed by atoms with E-state index >= 15 is 0 Å². The molecule has 29 heavy (non-hydrogen) atoms. The molecule has 0 aliphatic rings. The van der Waals surface area contributed by atoms with Crippen LogP contribution in [0.5, 0.6) is 0 Å². The van der Waals surface area contributed by atoms with Crippen molar-refractivity contribution in [1.82, 2.24) is 19.9 Å². The summed E-state index contributed by atoms with van der Waals surface area (Å²) in [4.78, 5) is 29.1. The molecule has 0 aliphatic carbocycles. The number of nitrogens with one attached hydrogen (secondary N) is 1. The van der Waals surface area contributed by atoms with Crippen LogP contribution in [0, 0.1) is 18.6 Å². The van der Waals surface area contributed by atoms with Crippen molar-refractivity contribution < 1.29 is 8.78 Å². The van der Waals surface area contributed by atoms with E-state index in [-0.39, 0.29) is 12.1 Å².